The average Bonchev–Trinajstić information content (AvgIpc) is 3.42. The molecule has 2 aliphatic rings. The molecule has 2 amide bonds. The summed E-state index contributed by atoms with van der Waals surface area (Å²) in [6.45, 7) is 4.63. The van der Waals surface area contributed by atoms with E-state index in [-0.39, 0.29) is 36.0 Å². The topological polar surface area (TPSA) is 96.5 Å². The van der Waals surface area contributed by atoms with Crippen molar-refractivity contribution in [3.8, 4) is 0 Å². The van der Waals surface area contributed by atoms with Crippen LogP contribution in [0.15, 0.2) is 30.5 Å². The zero-order chi connectivity index (χ0) is 22.7. The molecule has 1 unspecified atom stereocenters. The van der Waals surface area contributed by atoms with Crippen LogP contribution in [0.25, 0.3) is 0 Å². The smallest absolute Gasteiger partial charge is 0.415 e. The molecule has 8 nitrogen and oxygen atoms in total. The Bertz CT molecular complexity index is 993. The quantitative estimate of drug-likeness (QED) is 0.677. The van der Waals surface area contributed by atoms with Crippen LogP contribution in [0.5, 0.6) is 0 Å². The number of anilines is 2. The fourth-order valence-electron chi connectivity index (χ4n) is 4.13. The minimum absolute atomic E-state index is 0.0474. The normalized spacial score (nSPS) is 18.8. The number of hydrogen-bond acceptors (Lipinski definition) is 6. The summed E-state index contributed by atoms with van der Waals surface area (Å²) in [5.41, 5.74) is 0.695. The van der Waals surface area contributed by atoms with Gasteiger partial charge in [-0.05, 0) is 42.5 Å². The summed E-state index contributed by atoms with van der Waals surface area (Å²) in [6.07, 6.45) is 5.21. The predicted molar refractivity (Wildman–Crippen MR) is 118 cm³/mol. The number of carbonyl (C=O) groups is 2. The van der Waals surface area contributed by atoms with Gasteiger partial charge in [0.25, 0.3) is 5.91 Å². The largest absolute Gasteiger partial charge is 0.447 e. The fourth-order valence-corrected chi connectivity index (χ4v) is 4.13. The van der Waals surface area contributed by atoms with E-state index in [1.165, 1.54) is 17.0 Å². The van der Waals surface area contributed by atoms with E-state index in [2.05, 4.69) is 20.6 Å². The van der Waals surface area contributed by atoms with Crippen LogP contribution in [0, 0.1) is 11.7 Å². The second-order valence-corrected chi connectivity index (χ2v) is 8.62. The summed E-state index contributed by atoms with van der Waals surface area (Å²) >= 11 is 0. The highest BCUT2D eigenvalue weighted by Crippen LogP contribution is 2.26. The average molecular weight is 442 g/mol. The molecule has 2 N–H and O–H groups in total. The van der Waals surface area contributed by atoms with Gasteiger partial charge in [-0.25, -0.2) is 14.2 Å². The van der Waals surface area contributed by atoms with Crippen molar-refractivity contribution in [3.63, 3.8) is 0 Å². The van der Waals surface area contributed by atoms with Gasteiger partial charge in [0.05, 0.1) is 11.6 Å². The molecule has 1 saturated carbocycles. The molecule has 0 spiro atoms. The first-order valence-electron chi connectivity index (χ1n) is 11.0. The molecular weight excluding hydrogens is 413 g/mol. The van der Waals surface area contributed by atoms with E-state index in [9.17, 15) is 14.0 Å². The van der Waals surface area contributed by atoms with Crippen LogP contribution in [-0.4, -0.2) is 40.7 Å². The lowest BCUT2D eigenvalue weighted by Crippen LogP contribution is -2.37. The maximum Gasteiger partial charge on any atom is 0.415 e. The Kier molecular flexibility index (Phi) is 6.53. The Balaban J connectivity index is 1.40. The van der Waals surface area contributed by atoms with Gasteiger partial charge in [-0.1, -0.05) is 32.8 Å². The lowest BCUT2D eigenvalue weighted by molar-refractivity contribution is 0.0933. The fraction of sp³-hybridized carbons (Fsp3) is 0.478. The van der Waals surface area contributed by atoms with Crippen LogP contribution in [0.2, 0.25) is 0 Å². The molecule has 1 aromatic carbocycles. The summed E-state index contributed by atoms with van der Waals surface area (Å²) in [7, 11) is 0. The van der Waals surface area contributed by atoms with Gasteiger partial charge >= 0.3 is 6.09 Å². The summed E-state index contributed by atoms with van der Waals surface area (Å²) in [5.74, 6) is 0.0402. The number of rotatable bonds is 7. The van der Waals surface area contributed by atoms with Gasteiger partial charge in [0.15, 0.2) is 0 Å². The third-order valence-electron chi connectivity index (χ3n) is 5.98. The molecule has 2 aromatic rings. The van der Waals surface area contributed by atoms with Crippen molar-refractivity contribution in [2.75, 3.05) is 16.8 Å². The molecule has 2 fully saturated rings. The number of nitrogens with zero attached hydrogens (tertiary/aromatic N) is 3. The minimum Gasteiger partial charge on any atom is -0.447 e. The number of hydrogen-bond donors (Lipinski definition) is 2. The molecule has 0 bridgehead atoms. The van der Waals surface area contributed by atoms with Crippen molar-refractivity contribution in [3.05, 3.63) is 47.4 Å². The highest BCUT2D eigenvalue weighted by atomic mass is 19.1. The van der Waals surface area contributed by atoms with Crippen LogP contribution in [0.1, 0.15) is 55.5 Å². The van der Waals surface area contributed by atoms with E-state index in [0.717, 1.165) is 25.7 Å². The second kappa shape index (κ2) is 9.50. The Morgan fingerprint density at radius 1 is 1.28 bits per heavy atom. The second-order valence-electron chi connectivity index (χ2n) is 8.62. The summed E-state index contributed by atoms with van der Waals surface area (Å²) in [4.78, 5) is 34.7. The van der Waals surface area contributed by atoms with Gasteiger partial charge in [0.1, 0.15) is 18.2 Å². The van der Waals surface area contributed by atoms with Crippen LogP contribution in [-0.2, 0) is 11.3 Å². The van der Waals surface area contributed by atoms with Gasteiger partial charge in [-0.2, -0.15) is 4.98 Å². The number of amides is 2. The van der Waals surface area contributed by atoms with Gasteiger partial charge in [0.2, 0.25) is 5.95 Å². The third-order valence-corrected chi connectivity index (χ3v) is 5.98. The maximum absolute atomic E-state index is 14.6. The maximum atomic E-state index is 14.6. The van der Waals surface area contributed by atoms with Crippen LogP contribution >= 0.6 is 0 Å². The van der Waals surface area contributed by atoms with Crippen LogP contribution < -0.4 is 15.5 Å². The zero-order valence-corrected chi connectivity index (χ0v) is 18.3. The number of cyclic esters (lactones) is 1. The van der Waals surface area contributed by atoms with Crippen molar-refractivity contribution in [2.24, 2.45) is 5.92 Å². The molecule has 1 aromatic heterocycles. The SMILES string of the molecule is CC(C)C1COC(=O)N1c1ccnc(NCc2ccc(C(=O)NC3CCCC3)c(F)c2)n1. The van der Waals surface area contributed by atoms with Gasteiger partial charge < -0.3 is 15.4 Å². The molecule has 9 heteroatoms. The molecule has 170 valence electrons. The van der Waals surface area contributed by atoms with Crippen LogP contribution in [0.4, 0.5) is 21.0 Å². The molecule has 1 saturated heterocycles. The van der Waals surface area contributed by atoms with Gasteiger partial charge in [-0.3, -0.25) is 9.69 Å². The van der Waals surface area contributed by atoms with Gasteiger partial charge in [0, 0.05) is 18.8 Å². The number of nitrogens with one attached hydrogen (secondary N) is 2. The van der Waals surface area contributed by atoms with Crippen molar-refractivity contribution in [1.29, 1.82) is 0 Å². The number of halogens is 1. The minimum atomic E-state index is -0.561. The van der Waals surface area contributed by atoms with E-state index < -0.39 is 11.9 Å². The third kappa shape index (κ3) is 4.81. The van der Waals surface area contributed by atoms with Crippen LogP contribution in [0.3, 0.4) is 0 Å². The van der Waals surface area contributed by atoms with Crippen molar-refractivity contribution in [2.45, 2.75) is 58.2 Å². The van der Waals surface area contributed by atoms with E-state index >= 15 is 0 Å². The number of benzene rings is 1. The molecule has 0 radical (unpaired) electrons. The molecule has 1 aliphatic heterocycles. The first-order valence-corrected chi connectivity index (χ1v) is 11.0. The number of carbonyl (C=O) groups excluding carboxylic acids is 2. The first kappa shape index (κ1) is 22.0. The zero-order valence-electron chi connectivity index (χ0n) is 18.3. The Morgan fingerprint density at radius 2 is 2.06 bits per heavy atom. The van der Waals surface area contributed by atoms with E-state index in [4.69, 9.17) is 4.74 Å². The monoisotopic (exact) mass is 441 g/mol. The Labute approximate surface area is 186 Å². The summed E-state index contributed by atoms with van der Waals surface area (Å²) in [5, 5.41) is 5.95. The molecule has 1 atom stereocenters. The van der Waals surface area contributed by atoms with Crippen molar-refractivity contribution < 1.29 is 18.7 Å². The standard InChI is InChI=1S/C23H28FN5O3/c1-14(2)19-13-32-23(31)29(19)20-9-10-25-22(28-20)26-12-15-7-8-17(18(24)11-15)21(30)27-16-5-3-4-6-16/h7-11,14,16,19H,3-6,12-13H2,1-2H3,(H,27,30)(H,25,26,28). The Hall–Kier alpha value is -3.23. The van der Waals surface area contributed by atoms with Gasteiger partial charge in [-0.15, -0.1) is 0 Å². The van der Waals surface area contributed by atoms with Crippen molar-refractivity contribution >= 4 is 23.8 Å². The van der Waals surface area contributed by atoms with E-state index in [0.29, 0.717) is 23.9 Å². The lowest BCUT2D eigenvalue weighted by atomic mass is 10.0. The van der Waals surface area contributed by atoms with E-state index in [1.54, 1.807) is 18.3 Å². The number of ether oxygens (including phenoxy) is 1. The van der Waals surface area contributed by atoms with E-state index in [1.807, 2.05) is 13.8 Å². The predicted octanol–water partition coefficient (Wildman–Crippen LogP) is 3.88. The van der Waals surface area contributed by atoms with Crippen molar-refractivity contribution in [1.82, 2.24) is 15.3 Å². The highest BCUT2D eigenvalue weighted by molar-refractivity contribution is 5.94. The highest BCUT2D eigenvalue weighted by Gasteiger charge is 2.37. The molecule has 32 heavy (non-hydrogen) atoms. The Morgan fingerprint density at radius 3 is 2.78 bits per heavy atom. The number of aromatic nitrogens is 2. The molecular formula is C23H28FN5O3. The summed E-state index contributed by atoms with van der Waals surface area (Å²) in [6, 6.07) is 6.24. The molecule has 1 aliphatic carbocycles. The molecule has 2 heterocycles. The first-order chi connectivity index (χ1) is 15.4. The molecule has 4 rings (SSSR count). The summed E-state index contributed by atoms with van der Waals surface area (Å²) < 4.78 is 19.7. The lowest BCUT2D eigenvalue weighted by Gasteiger charge is -2.23.